The van der Waals surface area contributed by atoms with Crippen molar-refractivity contribution < 1.29 is 4.74 Å². The van der Waals surface area contributed by atoms with Crippen molar-refractivity contribution >= 4 is 22.8 Å². The van der Waals surface area contributed by atoms with Crippen LogP contribution in [0.25, 0.3) is 11.2 Å². The Morgan fingerprint density at radius 3 is 2.95 bits per heavy atom. The lowest BCUT2D eigenvalue weighted by molar-refractivity contribution is 0.282. The summed E-state index contributed by atoms with van der Waals surface area (Å²) in [5, 5.41) is 0. The van der Waals surface area contributed by atoms with E-state index in [0.29, 0.717) is 23.3 Å². The van der Waals surface area contributed by atoms with E-state index in [1.807, 2.05) is 0 Å². The molecule has 1 saturated heterocycles. The molecule has 2 aromatic rings. The average molecular weight is 296 g/mol. The Labute approximate surface area is 122 Å². The van der Waals surface area contributed by atoms with Gasteiger partial charge in [-0.05, 0) is 26.4 Å². The predicted octanol–water partition coefficient (Wildman–Crippen LogP) is 1.67. The SMILES string of the molecule is COc1ncnc2c1nc(CCl)n2CC1CCCN1C. The maximum atomic E-state index is 6.03. The number of likely N-dealkylation sites (N-methyl/N-ethyl adjacent to an activating group) is 1. The van der Waals surface area contributed by atoms with Crippen LogP contribution in [0.4, 0.5) is 0 Å². The van der Waals surface area contributed by atoms with Gasteiger partial charge in [0.15, 0.2) is 11.2 Å². The standard InChI is InChI=1S/C13H18ClN5O/c1-18-5-3-4-9(18)7-19-10(6-14)17-11-12(19)15-8-16-13(11)20-2/h8-9H,3-7H2,1-2H3. The summed E-state index contributed by atoms with van der Waals surface area (Å²) < 4.78 is 7.35. The molecular formula is C13H18ClN5O. The third-order valence-electron chi connectivity index (χ3n) is 3.96. The summed E-state index contributed by atoms with van der Waals surface area (Å²) in [6.07, 6.45) is 3.94. The Morgan fingerprint density at radius 2 is 2.30 bits per heavy atom. The van der Waals surface area contributed by atoms with Crippen LogP contribution in [-0.2, 0) is 12.4 Å². The fourth-order valence-electron chi connectivity index (χ4n) is 2.82. The van der Waals surface area contributed by atoms with Crippen LogP contribution in [0, 0.1) is 0 Å². The second-order valence-electron chi connectivity index (χ2n) is 5.10. The van der Waals surface area contributed by atoms with E-state index < -0.39 is 0 Å². The van der Waals surface area contributed by atoms with Crippen molar-refractivity contribution in [2.75, 3.05) is 20.7 Å². The first-order valence-corrected chi connectivity index (χ1v) is 7.28. The van der Waals surface area contributed by atoms with Gasteiger partial charge in [-0.1, -0.05) is 0 Å². The van der Waals surface area contributed by atoms with E-state index in [2.05, 4.69) is 31.5 Å². The summed E-state index contributed by atoms with van der Waals surface area (Å²) in [4.78, 5) is 15.4. The molecule has 1 aliphatic rings. The molecule has 3 heterocycles. The fourth-order valence-corrected chi connectivity index (χ4v) is 3.03. The van der Waals surface area contributed by atoms with Crippen LogP contribution in [-0.4, -0.2) is 51.2 Å². The van der Waals surface area contributed by atoms with Crippen LogP contribution in [0.3, 0.4) is 0 Å². The van der Waals surface area contributed by atoms with E-state index in [9.17, 15) is 0 Å². The maximum absolute atomic E-state index is 6.03. The van der Waals surface area contributed by atoms with Crippen molar-refractivity contribution in [3.63, 3.8) is 0 Å². The molecule has 1 aliphatic heterocycles. The van der Waals surface area contributed by atoms with Gasteiger partial charge in [0.2, 0.25) is 5.88 Å². The second-order valence-corrected chi connectivity index (χ2v) is 5.37. The number of likely N-dealkylation sites (tertiary alicyclic amines) is 1. The molecule has 20 heavy (non-hydrogen) atoms. The Kier molecular flexibility index (Phi) is 3.76. The first kappa shape index (κ1) is 13.6. The van der Waals surface area contributed by atoms with Gasteiger partial charge in [-0.15, -0.1) is 11.6 Å². The molecule has 0 bridgehead atoms. The van der Waals surface area contributed by atoms with E-state index in [1.165, 1.54) is 19.2 Å². The molecule has 0 saturated carbocycles. The van der Waals surface area contributed by atoms with Crippen molar-refractivity contribution in [3.05, 3.63) is 12.2 Å². The molecule has 0 N–H and O–H groups in total. The molecule has 0 spiro atoms. The lowest BCUT2D eigenvalue weighted by atomic mass is 10.2. The summed E-state index contributed by atoms with van der Waals surface area (Å²) in [5.74, 6) is 1.68. The highest BCUT2D eigenvalue weighted by atomic mass is 35.5. The van der Waals surface area contributed by atoms with E-state index in [4.69, 9.17) is 16.3 Å². The molecule has 0 aromatic carbocycles. The minimum Gasteiger partial charge on any atom is -0.479 e. The Morgan fingerprint density at radius 1 is 1.45 bits per heavy atom. The van der Waals surface area contributed by atoms with Gasteiger partial charge >= 0.3 is 0 Å². The molecule has 108 valence electrons. The molecule has 0 aliphatic carbocycles. The molecule has 6 nitrogen and oxygen atoms in total. The predicted molar refractivity (Wildman–Crippen MR) is 77.1 cm³/mol. The van der Waals surface area contributed by atoms with Crippen LogP contribution in [0.2, 0.25) is 0 Å². The molecule has 7 heteroatoms. The van der Waals surface area contributed by atoms with E-state index in [1.54, 1.807) is 7.11 Å². The van der Waals surface area contributed by atoms with Gasteiger partial charge in [-0.2, -0.15) is 4.98 Å². The zero-order valence-corrected chi connectivity index (χ0v) is 12.5. The molecule has 0 radical (unpaired) electrons. The minimum atomic E-state index is 0.357. The normalized spacial score (nSPS) is 19.9. The average Bonchev–Trinajstić information content (AvgIpc) is 3.03. The summed E-state index contributed by atoms with van der Waals surface area (Å²) in [6, 6.07) is 0.510. The van der Waals surface area contributed by atoms with E-state index >= 15 is 0 Å². The third-order valence-corrected chi connectivity index (χ3v) is 4.19. The Bertz CT molecular complexity index is 614. The lowest BCUT2D eigenvalue weighted by Crippen LogP contribution is -2.29. The number of rotatable bonds is 4. The smallest absolute Gasteiger partial charge is 0.245 e. The van der Waals surface area contributed by atoms with Crippen LogP contribution in [0.1, 0.15) is 18.7 Å². The van der Waals surface area contributed by atoms with Crippen molar-refractivity contribution in [2.24, 2.45) is 0 Å². The largest absolute Gasteiger partial charge is 0.479 e. The molecule has 0 amide bonds. The van der Waals surface area contributed by atoms with Gasteiger partial charge < -0.3 is 14.2 Å². The Balaban J connectivity index is 2.04. The number of hydrogen-bond donors (Lipinski definition) is 0. The molecular weight excluding hydrogens is 278 g/mol. The molecule has 1 unspecified atom stereocenters. The highest BCUT2D eigenvalue weighted by Crippen LogP contribution is 2.25. The summed E-state index contributed by atoms with van der Waals surface area (Å²) in [5.41, 5.74) is 1.49. The number of halogens is 1. The number of hydrogen-bond acceptors (Lipinski definition) is 5. The van der Waals surface area contributed by atoms with Gasteiger partial charge in [-0.25, -0.2) is 9.97 Å². The third kappa shape index (κ3) is 2.23. The second kappa shape index (κ2) is 5.54. The van der Waals surface area contributed by atoms with Crippen molar-refractivity contribution in [3.8, 4) is 5.88 Å². The van der Waals surface area contributed by atoms with Gasteiger partial charge in [0.25, 0.3) is 0 Å². The number of alkyl halides is 1. The van der Waals surface area contributed by atoms with Gasteiger partial charge in [-0.3, -0.25) is 0 Å². The highest BCUT2D eigenvalue weighted by molar-refractivity contribution is 6.16. The topological polar surface area (TPSA) is 56.1 Å². The molecule has 1 atom stereocenters. The zero-order chi connectivity index (χ0) is 14.1. The minimum absolute atomic E-state index is 0.357. The zero-order valence-electron chi connectivity index (χ0n) is 11.7. The van der Waals surface area contributed by atoms with Crippen LogP contribution >= 0.6 is 11.6 Å². The quantitative estimate of drug-likeness (QED) is 0.803. The van der Waals surface area contributed by atoms with Crippen molar-refractivity contribution in [1.82, 2.24) is 24.4 Å². The number of ether oxygens (including phenoxy) is 1. The van der Waals surface area contributed by atoms with E-state index in [0.717, 1.165) is 24.6 Å². The number of fused-ring (bicyclic) bond motifs is 1. The molecule has 2 aromatic heterocycles. The van der Waals surface area contributed by atoms with Crippen molar-refractivity contribution in [1.29, 1.82) is 0 Å². The van der Waals surface area contributed by atoms with E-state index in [-0.39, 0.29) is 0 Å². The first-order valence-electron chi connectivity index (χ1n) is 6.75. The Hall–Kier alpha value is -1.40. The highest BCUT2D eigenvalue weighted by Gasteiger charge is 2.24. The van der Waals surface area contributed by atoms with Crippen LogP contribution in [0.15, 0.2) is 6.33 Å². The van der Waals surface area contributed by atoms with Crippen LogP contribution < -0.4 is 4.74 Å². The van der Waals surface area contributed by atoms with Crippen molar-refractivity contribution in [2.45, 2.75) is 31.3 Å². The molecule has 3 rings (SSSR count). The lowest BCUT2D eigenvalue weighted by Gasteiger charge is -2.20. The van der Waals surface area contributed by atoms with Crippen LogP contribution in [0.5, 0.6) is 5.88 Å². The van der Waals surface area contributed by atoms with Gasteiger partial charge in [0.1, 0.15) is 12.2 Å². The number of methoxy groups -OCH3 is 1. The maximum Gasteiger partial charge on any atom is 0.245 e. The number of imidazole rings is 1. The summed E-state index contributed by atoms with van der Waals surface area (Å²) >= 11 is 6.03. The summed E-state index contributed by atoms with van der Waals surface area (Å²) in [7, 11) is 3.75. The number of nitrogens with zero attached hydrogens (tertiary/aromatic N) is 5. The number of aromatic nitrogens is 4. The van der Waals surface area contributed by atoms with Gasteiger partial charge in [0, 0.05) is 12.6 Å². The summed E-state index contributed by atoms with van der Waals surface area (Å²) in [6.45, 7) is 2.00. The monoisotopic (exact) mass is 295 g/mol. The van der Waals surface area contributed by atoms with Gasteiger partial charge in [0.05, 0.1) is 13.0 Å². The molecule has 1 fully saturated rings. The fraction of sp³-hybridized carbons (Fsp3) is 0.615. The first-order chi connectivity index (χ1) is 9.74.